The largest absolute Gasteiger partial charge is 0.368 e. The van der Waals surface area contributed by atoms with Crippen LogP contribution in [-0.4, -0.2) is 22.2 Å². The quantitative estimate of drug-likeness (QED) is 0.793. The molecule has 82 valence electrons. The van der Waals surface area contributed by atoms with Crippen molar-refractivity contribution in [2.24, 2.45) is 5.92 Å². The van der Waals surface area contributed by atoms with Gasteiger partial charge in [-0.1, -0.05) is 6.07 Å². The SMILES string of the molecule is O=Cc1nc(NCC2CC2)c2ccccn12. The van der Waals surface area contributed by atoms with E-state index in [0.717, 1.165) is 30.1 Å². The number of pyridine rings is 1. The number of nitrogens with one attached hydrogen (secondary N) is 1. The molecule has 1 aliphatic carbocycles. The maximum atomic E-state index is 10.9. The summed E-state index contributed by atoms with van der Waals surface area (Å²) in [7, 11) is 0. The number of carbonyl (C=O) groups excluding carboxylic acids is 1. The Hall–Kier alpha value is -1.84. The first-order chi connectivity index (χ1) is 7.88. The van der Waals surface area contributed by atoms with Crippen LogP contribution in [0.2, 0.25) is 0 Å². The molecule has 3 rings (SSSR count). The number of imidazole rings is 1. The summed E-state index contributed by atoms with van der Waals surface area (Å²) in [6, 6.07) is 5.81. The van der Waals surface area contributed by atoms with E-state index in [9.17, 15) is 4.79 Å². The molecular formula is C12H13N3O. The zero-order chi connectivity index (χ0) is 11.0. The van der Waals surface area contributed by atoms with Gasteiger partial charge in [-0.15, -0.1) is 0 Å². The van der Waals surface area contributed by atoms with Crippen LogP contribution < -0.4 is 5.32 Å². The van der Waals surface area contributed by atoms with Gasteiger partial charge in [-0.3, -0.25) is 9.20 Å². The molecule has 0 aromatic carbocycles. The average molecular weight is 215 g/mol. The lowest BCUT2D eigenvalue weighted by Gasteiger charge is -2.01. The molecule has 1 saturated carbocycles. The van der Waals surface area contributed by atoms with Crippen LogP contribution in [0.3, 0.4) is 0 Å². The Morgan fingerprint density at radius 3 is 3.12 bits per heavy atom. The first-order valence-corrected chi connectivity index (χ1v) is 5.54. The number of aromatic nitrogens is 2. The second kappa shape index (κ2) is 3.63. The summed E-state index contributed by atoms with van der Waals surface area (Å²) < 4.78 is 1.81. The monoisotopic (exact) mass is 215 g/mol. The molecule has 0 saturated heterocycles. The third kappa shape index (κ3) is 1.56. The number of anilines is 1. The fraction of sp³-hybridized carbons (Fsp3) is 0.333. The second-order valence-corrected chi connectivity index (χ2v) is 4.22. The maximum absolute atomic E-state index is 10.9. The molecule has 0 spiro atoms. The molecule has 2 aromatic rings. The fourth-order valence-electron chi connectivity index (χ4n) is 1.84. The average Bonchev–Trinajstić information content (AvgIpc) is 3.08. The lowest BCUT2D eigenvalue weighted by Crippen LogP contribution is -2.03. The van der Waals surface area contributed by atoms with Gasteiger partial charge in [0.2, 0.25) is 0 Å². The van der Waals surface area contributed by atoms with Gasteiger partial charge in [-0.05, 0) is 30.9 Å². The zero-order valence-corrected chi connectivity index (χ0v) is 8.89. The normalized spacial score (nSPS) is 15.2. The number of nitrogens with zero attached hydrogens (tertiary/aromatic N) is 2. The summed E-state index contributed by atoms with van der Waals surface area (Å²) in [5.41, 5.74) is 0.963. The summed E-state index contributed by atoms with van der Waals surface area (Å²) in [5, 5.41) is 3.31. The molecular weight excluding hydrogens is 202 g/mol. The van der Waals surface area contributed by atoms with Gasteiger partial charge in [0.15, 0.2) is 17.9 Å². The Balaban J connectivity index is 1.98. The van der Waals surface area contributed by atoms with Crippen molar-refractivity contribution in [1.82, 2.24) is 9.38 Å². The van der Waals surface area contributed by atoms with Crippen LogP contribution in [0.15, 0.2) is 24.4 Å². The Bertz CT molecular complexity index is 528. The first-order valence-electron chi connectivity index (χ1n) is 5.54. The molecule has 0 atom stereocenters. The number of rotatable bonds is 4. The van der Waals surface area contributed by atoms with E-state index >= 15 is 0 Å². The molecule has 0 unspecified atom stereocenters. The third-order valence-electron chi connectivity index (χ3n) is 2.94. The van der Waals surface area contributed by atoms with Crippen molar-refractivity contribution in [3.63, 3.8) is 0 Å². The molecule has 0 radical (unpaired) electrons. The molecule has 1 aliphatic rings. The van der Waals surface area contributed by atoms with E-state index in [2.05, 4.69) is 10.3 Å². The molecule has 4 nitrogen and oxygen atoms in total. The molecule has 4 heteroatoms. The maximum Gasteiger partial charge on any atom is 0.186 e. The van der Waals surface area contributed by atoms with E-state index in [1.165, 1.54) is 12.8 Å². The summed E-state index contributed by atoms with van der Waals surface area (Å²) in [4.78, 5) is 15.2. The molecule has 0 aliphatic heterocycles. The molecule has 0 bridgehead atoms. The van der Waals surface area contributed by atoms with Crippen molar-refractivity contribution >= 4 is 17.6 Å². The van der Waals surface area contributed by atoms with E-state index in [-0.39, 0.29) is 0 Å². The highest BCUT2D eigenvalue weighted by molar-refractivity contribution is 5.79. The summed E-state index contributed by atoms with van der Waals surface area (Å²) in [6.45, 7) is 0.958. The van der Waals surface area contributed by atoms with E-state index in [1.807, 2.05) is 28.8 Å². The summed E-state index contributed by atoms with van der Waals surface area (Å²) >= 11 is 0. The van der Waals surface area contributed by atoms with Crippen LogP contribution in [0.4, 0.5) is 5.82 Å². The van der Waals surface area contributed by atoms with E-state index in [0.29, 0.717) is 5.82 Å². The lowest BCUT2D eigenvalue weighted by molar-refractivity contribution is 0.111. The number of fused-ring (bicyclic) bond motifs is 1. The van der Waals surface area contributed by atoms with Gasteiger partial charge < -0.3 is 5.32 Å². The van der Waals surface area contributed by atoms with E-state index < -0.39 is 0 Å². The predicted octanol–water partition coefficient (Wildman–Crippen LogP) is 1.97. The topological polar surface area (TPSA) is 46.4 Å². The number of aldehydes is 1. The van der Waals surface area contributed by atoms with Crippen molar-refractivity contribution < 1.29 is 4.79 Å². The van der Waals surface area contributed by atoms with Gasteiger partial charge in [-0.2, -0.15) is 0 Å². The van der Waals surface area contributed by atoms with Crippen LogP contribution in [-0.2, 0) is 0 Å². The Labute approximate surface area is 93.3 Å². The minimum atomic E-state index is 0.453. The molecule has 16 heavy (non-hydrogen) atoms. The van der Waals surface area contributed by atoms with Gasteiger partial charge >= 0.3 is 0 Å². The highest BCUT2D eigenvalue weighted by atomic mass is 16.1. The van der Waals surface area contributed by atoms with Crippen molar-refractivity contribution in [2.45, 2.75) is 12.8 Å². The Morgan fingerprint density at radius 2 is 2.38 bits per heavy atom. The highest BCUT2D eigenvalue weighted by Gasteiger charge is 2.21. The minimum Gasteiger partial charge on any atom is -0.368 e. The summed E-state index contributed by atoms with van der Waals surface area (Å²) in [5.74, 6) is 2.06. The minimum absolute atomic E-state index is 0.453. The highest BCUT2D eigenvalue weighted by Crippen LogP contribution is 2.29. The molecule has 0 amide bonds. The Morgan fingerprint density at radius 1 is 1.50 bits per heavy atom. The standard InChI is InChI=1S/C12H13N3O/c16-8-11-14-12(13-7-9-4-5-9)10-3-1-2-6-15(10)11/h1-3,6,8-9,13H,4-5,7H2. The van der Waals surface area contributed by atoms with Gasteiger partial charge in [0, 0.05) is 12.7 Å². The van der Waals surface area contributed by atoms with Gasteiger partial charge in [0.1, 0.15) is 0 Å². The molecule has 1 fully saturated rings. The van der Waals surface area contributed by atoms with E-state index in [4.69, 9.17) is 0 Å². The lowest BCUT2D eigenvalue weighted by atomic mass is 10.4. The number of hydrogen-bond donors (Lipinski definition) is 1. The van der Waals surface area contributed by atoms with Crippen LogP contribution >= 0.6 is 0 Å². The second-order valence-electron chi connectivity index (χ2n) is 4.22. The van der Waals surface area contributed by atoms with Gasteiger partial charge in [0.05, 0.1) is 5.52 Å². The van der Waals surface area contributed by atoms with Gasteiger partial charge in [0.25, 0.3) is 0 Å². The van der Waals surface area contributed by atoms with Crippen LogP contribution in [0.25, 0.3) is 5.52 Å². The van der Waals surface area contributed by atoms with Crippen molar-refractivity contribution in [1.29, 1.82) is 0 Å². The number of carbonyl (C=O) groups is 1. The van der Waals surface area contributed by atoms with Crippen LogP contribution in [0, 0.1) is 5.92 Å². The van der Waals surface area contributed by atoms with Crippen LogP contribution in [0.1, 0.15) is 23.5 Å². The molecule has 1 N–H and O–H groups in total. The third-order valence-corrected chi connectivity index (χ3v) is 2.94. The smallest absolute Gasteiger partial charge is 0.186 e. The predicted molar refractivity (Wildman–Crippen MR) is 61.8 cm³/mol. The summed E-state index contributed by atoms with van der Waals surface area (Å²) in [6.07, 6.45) is 5.25. The van der Waals surface area contributed by atoms with Crippen molar-refractivity contribution in [2.75, 3.05) is 11.9 Å². The Kier molecular flexibility index (Phi) is 2.13. The van der Waals surface area contributed by atoms with Crippen LogP contribution in [0.5, 0.6) is 0 Å². The number of hydrogen-bond acceptors (Lipinski definition) is 3. The molecule has 2 aromatic heterocycles. The van der Waals surface area contributed by atoms with Gasteiger partial charge in [-0.25, -0.2) is 4.98 Å². The van der Waals surface area contributed by atoms with Crippen molar-refractivity contribution in [3.8, 4) is 0 Å². The van der Waals surface area contributed by atoms with E-state index in [1.54, 1.807) is 0 Å². The fourth-order valence-corrected chi connectivity index (χ4v) is 1.84. The van der Waals surface area contributed by atoms with Crippen molar-refractivity contribution in [3.05, 3.63) is 30.2 Å². The first kappa shape index (κ1) is 9.39. The zero-order valence-electron chi connectivity index (χ0n) is 8.89. The molecule has 2 heterocycles.